The zero-order chi connectivity index (χ0) is 11.3. The summed E-state index contributed by atoms with van der Waals surface area (Å²) in [6.07, 6.45) is 0.735. The fourth-order valence-electron chi connectivity index (χ4n) is 2.06. The standard InChI is InChI=1S/C11H10FN3O/c1-5-7(12)4-8-9(14-5)6-2-3-13-11(16)10(6)15-8/h4,15H,2-3H2,1H3,(H,13,16). The van der Waals surface area contributed by atoms with Crippen LogP contribution in [0.25, 0.3) is 11.0 Å². The molecular weight excluding hydrogens is 209 g/mol. The Hall–Kier alpha value is -1.91. The molecule has 82 valence electrons. The van der Waals surface area contributed by atoms with E-state index in [2.05, 4.69) is 15.3 Å². The van der Waals surface area contributed by atoms with E-state index in [1.54, 1.807) is 6.92 Å². The summed E-state index contributed by atoms with van der Waals surface area (Å²) in [6.45, 7) is 2.23. The number of aryl methyl sites for hydroxylation is 1. The molecule has 0 bridgehead atoms. The van der Waals surface area contributed by atoms with Gasteiger partial charge in [-0.1, -0.05) is 0 Å². The van der Waals surface area contributed by atoms with Crippen molar-refractivity contribution in [3.63, 3.8) is 0 Å². The number of H-pyrrole nitrogens is 1. The molecule has 1 amide bonds. The molecule has 0 saturated heterocycles. The van der Waals surface area contributed by atoms with Crippen LogP contribution >= 0.6 is 0 Å². The van der Waals surface area contributed by atoms with Gasteiger partial charge in [-0.15, -0.1) is 0 Å². The van der Waals surface area contributed by atoms with Gasteiger partial charge in [0.15, 0.2) is 0 Å². The van der Waals surface area contributed by atoms with Crippen molar-refractivity contribution in [3.05, 3.63) is 28.8 Å². The first-order chi connectivity index (χ1) is 7.66. The van der Waals surface area contributed by atoms with E-state index < -0.39 is 0 Å². The van der Waals surface area contributed by atoms with Gasteiger partial charge in [0.1, 0.15) is 11.5 Å². The van der Waals surface area contributed by atoms with Crippen molar-refractivity contribution in [2.45, 2.75) is 13.3 Å². The topological polar surface area (TPSA) is 57.8 Å². The van der Waals surface area contributed by atoms with Gasteiger partial charge in [0.05, 0.1) is 16.7 Å². The fraction of sp³-hybridized carbons (Fsp3) is 0.273. The van der Waals surface area contributed by atoms with Crippen molar-refractivity contribution in [2.24, 2.45) is 0 Å². The summed E-state index contributed by atoms with van der Waals surface area (Å²) in [6, 6.07) is 1.39. The summed E-state index contributed by atoms with van der Waals surface area (Å²) in [5, 5.41) is 2.74. The summed E-state index contributed by atoms with van der Waals surface area (Å²) in [5.74, 6) is -0.496. The quantitative estimate of drug-likeness (QED) is 0.701. The van der Waals surface area contributed by atoms with Gasteiger partial charge in [0.25, 0.3) is 5.91 Å². The molecule has 1 aliphatic heterocycles. The second-order valence-corrected chi connectivity index (χ2v) is 3.94. The van der Waals surface area contributed by atoms with E-state index in [0.717, 1.165) is 12.0 Å². The maximum absolute atomic E-state index is 13.3. The van der Waals surface area contributed by atoms with Gasteiger partial charge in [-0.2, -0.15) is 0 Å². The molecule has 2 N–H and O–H groups in total. The van der Waals surface area contributed by atoms with Crippen LogP contribution in [0.1, 0.15) is 21.7 Å². The number of carbonyl (C=O) groups excluding carboxylic acids is 1. The Bertz CT molecular complexity index is 603. The molecule has 5 heteroatoms. The zero-order valence-corrected chi connectivity index (χ0v) is 8.72. The summed E-state index contributed by atoms with van der Waals surface area (Å²) < 4.78 is 13.3. The van der Waals surface area contributed by atoms with Gasteiger partial charge < -0.3 is 10.3 Å². The molecule has 0 atom stereocenters. The number of hydrogen-bond donors (Lipinski definition) is 2. The highest BCUT2D eigenvalue weighted by atomic mass is 19.1. The van der Waals surface area contributed by atoms with Crippen molar-refractivity contribution in [2.75, 3.05) is 6.54 Å². The molecule has 3 heterocycles. The zero-order valence-electron chi connectivity index (χ0n) is 8.72. The Balaban J connectivity index is 2.36. The molecule has 1 aliphatic rings. The van der Waals surface area contributed by atoms with Crippen molar-refractivity contribution < 1.29 is 9.18 Å². The largest absolute Gasteiger partial charge is 0.350 e. The second kappa shape index (κ2) is 3.04. The summed E-state index contributed by atoms with van der Waals surface area (Å²) in [7, 11) is 0. The molecule has 2 aromatic rings. The Morgan fingerprint density at radius 3 is 3.12 bits per heavy atom. The first kappa shape index (κ1) is 9.33. The number of aromatic nitrogens is 2. The van der Waals surface area contributed by atoms with Gasteiger partial charge in [-0.3, -0.25) is 4.79 Å². The van der Waals surface area contributed by atoms with E-state index in [-0.39, 0.29) is 11.7 Å². The van der Waals surface area contributed by atoms with Crippen LogP contribution in [0, 0.1) is 12.7 Å². The lowest BCUT2D eigenvalue weighted by atomic mass is 10.1. The van der Waals surface area contributed by atoms with Gasteiger partial charge >= 0.3 is 0 Å². The van der Waals surface area contributed by atoms with E-state index in [1.807, 2.05) is 0 Å². The fourth-order valence-corrected chi connectivity index (χ4v) is 2.06. The van der Waals surface area contributed by atoms with E-state index in [0.29, 0.717) is 29.0 Å². The maximum Gasteiger partial charge on any atom is 0.268 e. The minimum Gasteiger partial charge on any atom is -0.350 e. The van der Waals surface area contributed by atoms with Gasteiger partial charge in [-0.05, 0) is 13.3 Å². The van der Waals surface area contributed by atoms with Crippen molar-refractivity contribution in [3.8, 4) is 0 Å². The molecule has 16 heavy (non-hydrogen) atoms. The Morgan fingerprint density at radius 2 is 2.31 bits per heavy atom. The van der Waals surface area contributed by atoms with Crippen LogP contribution in [0.3, 0.4) is 0 Å². The maximum atomic E-state index is 13.3. The molecule has 0 fully saturated rings. The number of halogens is 1. The molecule has 2 aromatic heterocycles. The third-order valence-electron chi connectivity index (χ3n) is 2.89. The monoisotopic (exact) mass is 219 g/mol. The minimum absolute atomic E-state index is 0.141. The average Bonchev–Trinajstić information content (AvgIpc) is 2.59. The summed E-state index contributed by atoms with van der Waals surface area (Å²) in [4.78, 5) is 18.7. The van der Waals surface area contributed by atoms with Crippen LogP contribution in [-0.2, 0) is 6.42 Å². The minimum atomic E-state index is -0.355. The number of nitrogens with zero attached hydrogens (tertiary/aromatic N) is 1. The third kappa shape index (κ3) is 1.14. The van der Waals surface area contributed by atoms with Gasteiger partial charge in [0, 0.05) is 18.2 Å². The van der Waals surface area contributed by atoms with Crippen LogP contribution in [0.2, 0.25) is 0 Å². The van der Waals surface area contributed by atoms with E-state index >= 15 is 0 Å². The highest BCUT2D eigenvalue weighted by molar-refractivity contribution is 6.01. The molecule has 0 aliphatic carbocycles. The van der Waals surface area contributed by atoms with Gasteiger partial charge in [0.2, 0.25) is 0 Å². The number of aromatic amines is 1. The van der Waals surface area contributed by atoms with Crippen LogP contribution in [0.5, 0.6) is 0 Å². The Kier molecular flexibility index (Phi) is 1.77. The number of fused-ring (bicyclic) bond motifs is 3. The first-order valence-corrected chi connectivity index (χ1v) is 5.12. The Morgan fingerprint density at radius 1 is 1.50 bits per heavy atom. The highest BCUT2D eigenvalue weighted by Gasteiger charge is 2.22. The lowest BCUT2D eigenvalue weighted by Gasteiger charge is -2.11. The normalized spacial score (nSPS) is 15.0. The smallest absolute Gasteiger partial charge is 0.268 e. The lowest BCUT2D eigenvalue weighted by molar-refractivity contribution is 0.0942. The molecular formula is C11H10FN3O. The molecule has 0 aromatic carbocycles. The molecule has 0 saturated carbocycles. The van der Waals surface area contributed by atoms with Crippen LogP contribution in [-0.4, -0.2) is 22.4 Å². The lowest BCUT2D eigenvalue weighted by Crippen LogP contribution is -2.31. The first-order valence-electron chi connectivity index (χ1n) is 5.12. The predicted octanol–water partition coefficient (Wildman–Crippen LogP) is 1.30. The van der Waals surface area contributed by atoms with E-state index in [1.165, 1.54) is 6.07 Å². The highest BCUT2D eigenvalue weighted by Crippen LogP contribution is 2.24. The SMILES string of the molecule is Cc1nc2c3c([nH]c2cc1F)C(=O)NCC3. The molecule has 0 unspecified atom stereocenters. The van der Waals surface area contributed by atoms with E-state index in [4.69, 9.17) is 0 Å². The summed E-state index contributed by atoms with van der Waals surface area (Å²) >= 11 is 0. The number of hydrogen-bond acceptors (Lipinski definition) is 2. The van der Waals surface area contributed by atoms with Crippen LogP contribution in [0.4, 0.5) is 4.39 Å². The number of carbonyl (C=O) groups is 1. The molecule has 3 rings (SSSR count). The predicted molar refractivity (Wildman–Crippen MR) is 56.8 cm³/mol. The van der Waals surface area contributed by atoms with Crippen molar-refractivity contribution in [1.82, 2.24) is 15.3 Å². The van der Waals surface area contributed by atoms with Crippen LogP contribution in [0.15, 0.2) is 6.07 Å². The van der Waals surface area contributed by atoms with Crippen molar-refractivity contribution in [1.29, 1.82) is 0 Å². The molecule has 0 radical (unpaired) electrons. The van der Waals surface area contributed by atoms with Crippen LogP contribution < -0.4 is 5.32 Å². The average molecular weight is 219 g/mol. The van der Waals surface area contributed by atoms with Crippen molar-refractivity contribution >= 4 is 16.9 Å². The number of rotatable bonds is 0. The number of amides is 1. The second-order valence-electron chi connectivity index (χ2n) is 3.94. The number of pyridine rings is 1. The molecule has 4 nitrogen and oxygen atoms in total. The summed E-state index contributed by atoms with van der Waals surface area (Å²) in [5.41, 5.74) is 3.06. The Labute approximate surface area is 90.9 Å². The van der Waals surface area contributed by atoms with E-state index in [9.17, 15) is 9.18 Å². The van der Waals surface area contributed by atoms with Gasteiger partial charge in [-0.25, -0.2) is 9.37 Å². The molecule has 0 spiro atoms. The third-order valence-corrected chi connectivity index (χ3v) is 2.89. The number of nitrogens with one attached hydrogen (secondary N) is 2.